The number of aryl methyl sites for hydroxylation is 1. The monoisotopic (exact) mass is 546 g/mol. The van der Waals surface area contributed by atoms with Gasteiger partial charge in [0.25, 0.3) is 0 Å². The quantitative estimate of drug-likeness (QED) is 0.208. The Morgan fingerprint density at radius 2 is 1.90 bits per heavy atom. The van der Waals surface area contributed by atoms with Crippen LogP contribution in [0.3, 0.4) is 0 Å². The summed E-state index contributed by atoms with van der Waals surface area (Å²) in [7, 11) is 3.48. The van der Waals surface area contributed by atoms with Crippen LogP contribution in [0.2, 0.25) is 0 Å². The SMILES string of the molecule is CN=C(NCc1nc(C(C)(C)C)cs1)NCc1ccc(C)cc1OCCCOC.I. The van der Waals surface area contributed by atoms with Gasteiger partial charge in [-0.3, -0.25) is 4.99 Å². The second-order valence-corrected chi connectivity index (χ2v) is 8.90. The summed E-state index contributed by atoms with van der Waals surface area (Å²) < 4.78 is 11.1. The highest BCUT2D eigenvalue weighted by atomic mass is 127. The normalized spacial score (nSPS) is 11.7. The Morgan fingerprint density at radius 1 is 1.17 bits per heavy atom. The molecule has 0 atom stereocenters. The number of thiazole rings is 1. The molecular formula is C22H35IN4O2S. The summed E-state index contributed by atoms with van der Waals surface area (Å²) in [5.41, 5.74) is 3.47. The van der Waals surface area contributed by atoms with E-state index in [0.717, 1.165) is 34.4 Å². The highest BCUT2D eigenvalue weighted by molar-refractivity contribution is 14.0. The lowest BCUT2D eigenvalue weighted by molar-refractivity contribution is 0.171. The summed E-state index contributed by atoms with van der Waals surface area (Å²) in [4.78, 5) is 9.04. The van der Waals surface area contributed by atoms with Crippen molar-refractivity contribution in [3.8, 4) is 5.75 Å². The summed E-state index contributed by atoms with van der Waals surface area (Å²) in [6, 6.07) is 6.26. The molecule has 1 aromatic heterocycles. The highest BCUT2D eigenvalue weighted by Crippen LogP contribution is 2.24. The molecule has 8 heteroatoms. The van der Waals surface area contributed by atoms with E-state index in [1.165, 1.54) is 5.56 Å². The van der Waals surface area contributed by atoms with Crippen LogP contribution >= 0.6 is 35.3 Å². The molecule has 0 unspecified atom stereocenters. The standard InChI is InChI=1S/C22H34N4O2S.HI/c1-16-8-9-17(18(12-16)28-11-7-10-27-6)13-24-21(23-5)25-14-20-26-19(15-29-20)22(2,3)4;/h8-9,12,15H,7,10-11,13-14H2,1-6H3,(H2,23,24,25);1H. The molecule has 2 aromatic rings. The summed E-state index contributed by atoms with van der Waals surface area (Å²) in [6.07, 6.45) is 0.866. The number of benzene rings is 1. The highest BCUT2D eigenvalue weighted by Gasteiger charge is 2.17. The molecule has 2 N–H and O–H groups in total. The number of hydrogen-bond donors (Lipinski definition) is 2. The Bertz CT molecular complexity index is 803. The van der Waals surface area contributed by atoms with Crippen molar-refractivity contribution >= 4 is 41.3 Å². The lowest BCUT2D eigenvalue weighted by atomic mass is 9.93. The summed E-state index contributed by atoms with van der Waals surface area (Å²) in [5, 5.41) is 9.89. The van der Waals surface area contributed by atoms with Gasteiger partial charge >= 0.3 is 0 Å². The molecular weight excluding hydrogens is 511 g/mol. The minimum atomic E-state index is 0. The van der Waals surface area contributed by atoms with E-state index in [0.29, 0.717) is 26.3 Å². The number of aromatic nitrogens is 1. The van der Waals surface area contributed by atoms with Crippen LogP contribution in [0.15, 0.2) is 28.6 Å². The van der Waals surface area contributed by atoms with Crippen LogP contribution in [-0.4, -0.2) is 38.3 Å². The molecule has 1 heterocycles. The molecule has 1 aromatic carbocycles. The molecule has 0 fully saturated rings. The van der Waals surface area contributed by atoms with E-state index in [4.69, 9.17) is 14.5 Å². The van der Waals surface area contributed by atoms with E-state index in [9.17, 15) is 0 Å². The van der Waals surface area contributed by atoms with E-state index in [1.807, 2.05) is 0 Å². The van der Waals surface area contributed by atoms with Crippen molar-refractivity contribution in [3.63, 3.8) is 0 Å². The largest absolute Gasteiger partial charge is 0.493 e. The Hall–Kier alpha value is -1.39. The fraction of sp³-hybridized carbons (Fsp3) is 0.545. The number of aliphatic imine (C=N–C) groups is 1. The lowest BCUT2D eigenvalue weighted by Crippen LogP contribution is -2.36. The molecule has 0 saturated carbocycles. The van der Waals surface area contributed by atoms with Gasteiger partial charge in [0.15, 0.2) is 5.96 Å². The van der Waals surface area contributed by atoms with Gasteiger partial charge in [0.05, 0.1) is 18.8 Å². The molecule has 0 aliphatic rings. The maximum absolute atomic E-state index is 5.96. The van der Waals surface area contributed by atoms with Crippen molar-refractivity contribution in [2.75, 3.05) is 27.4 Å². The zero-order valence-electron chi connectivity index (χ0n) is 18.9. The summed E-state index contributed by atoms with van der Waals surface area (Å²) in [6.45, 7) is 11.2. The minimum absolute atomic E-state index is 0. The van der Waals surface area contributed by atoms with Gasteiger partial charge < -0.3 is 20.1 Å². The van der Waals surface area contributed by atoms with Gasteiger partial charge in [-0.05, 0) is 18.6 Å². The zero-order valence-corrected chi connectivity index (χ0v) is 22.0. The molecule has 0 aliphatic carbocycles. The van der Waals surface area contributed by atoms with Crippen molar-refractivity contribution < 1.29 is 9.47 Å². The lowest BCUT2D eigenvalue weighted by Gasteiger charge is -2.15. The first-order chi connectivity index (χ1) is 13.8. The summed E-state index contributed by atoms with van der Waals surface area (Å²) >= 11 is 1.67. The van der Waals surface area contributed by atoms with Crippen molar-refractivity contribution in [2.45, 2.75) is 52.6 Å². The van der Waals surface area contributed by atoms with Gasteiger partial charge in [-0.1, -0.05) is 32.9 Å². The van der Waals surface area contributed by atoms with Crippen molar-refractivity contribution in [2.24, 2.45) is 4.99 Å². The predicted molar refractivity (Wildman–Crippen MR) is 136 cm³/mol. The van der Waals surface area contributed by atoms with E-state index < -0.39 is 0 Å². The molecule has 168 valence electrons. The average molecular weight is 547 g/mol. The van der Waals surface area contributed by atoms with Crippen LogP contribution in [0, 0.1) is 6.92 Å². The van der Waals surface area contributed by atoms with Gasteiger partial charge in [0.2, 0.25) is 0 Å². The van der Waals surface area contributed by atoms with Gasteiger partial charge in [0.1, 0.15) is 10.8 Å². The van der Waals surface area contributed by atoms with Crippen LogP contribution in [0.4, 0.5) is 0 Å². The summed E-state index contributed by atoms with van der Waals surface area (Å²) in [5.74, 6) is 1.64. The fourth-order valence-corrected chi connectivity index (χ4v) is 3.58. The first kappa shape index (κ1) is 26.6. The molecule has 6 nitrogen and oxygen atoms in total. The van der Waals surface area contributed by atoms with E-state index in [1.54, 1.807) is 25.5 Å². The Morgan fingerprint density at radius 3 is 2.53 bits per heavy atom. The number of halogens is 1. The molecule has 0 spiro atoms. The number of rotatable bonds is 9. The number of methoxy groups -OCH3 is 1. The van der Waals surface area contributed by atoms with Crippen molar-refractivity contribution in [3.05, 3.63) is 45.4 Å². The molecule has 0 bridgehead atoms. The topological polar surface area (TPSA) is 67.8 Å². The Balaban J connectivity index is 0.00000450. The number of nitrogens with one attached hydrogen (secondary N) is 2. The third kappa shape index (κ3) is 8.77. The smallest absolute Gasteiger partial charge is 0.191 e. The van der Waals surface area contributed by atoms with Gasteiger partial charge in [-0.15, -0.1) is 35.3 Å². The average Bonchev–Trinajstić information content (AvgIpc) is 3.16. The number of ether oxygens (including phenoxy) is 2. The number of guanidine groups is 1. The van der Waals surface area contributed by atoms with Crippen molar-refractivity contribution in [1.29, 1.82) is 0 Å². The van der Waals surface area contributed by atoms with Gasteiger partial charge in [0, 0.05) is 50.1 Å². The molecule has 2 rings (SSSR count). The zero-order chi connectivity index (χ0) is 21.3. The third-order valence-electron chi connectivity index (χ3n) is 4.37. The van der Waals surface area contributed by atoms with E-state index in [2.05, 4.69) is 66.9 Å². The van der Waals surface area contributed by atoms with Crippen LogP contribution in [-0.2, 0) is 23.2 Å². The minimum Gasteiger partial charge on any atom is -0.493 e. The van der Waals surface area contributed by atoms with Crippen LogP contribution < -0.4 is 15.4 Å². The first-order valence-corrected chi connectivity index (χ1v) is 10.8. The van der Waals surface area contributed by atoms with Gasteiger partial charge in [-0.25, -0.2) is 4.98 Å². The van der Waals surface area contributed by atoms with E-state index in [-0.39, 0.29) is 29.4 Å². The van der Waals surface area contributed by atoms with Gasteiger partial charge in [-0.2, -0.15) is 0 Å². The van der Waals surface area contributed by atoms with Crippen molar-refractivity contribution in [1.82, 2.24) is 15.6 Å². The maximum Gasteiger partial charge on any atom is 0.191 e. The fourth-order valence-electron chi connectivity index (χ4n) is 2.62. The first-order valence-electron chi connectivity index (χ1n) is 9.94. The second kappa shape index (κ2) is 13.1. The molecule has 0 radical (unpaired) electrons. The Kier molecular flexibility index (Phi) is 11.6. The van der Waals surface area contributed by atoms with Crippen LogP contribution in [0.1, 0.15) is 49.0 Å². The Labute approximate surface area is 201 Å². The molecule has 30 heavy (non-hydrogen) atoms. The number of hydrogen-bond acceptors (Lipinski definition) is 5. The third-order valence-corrected chi connectivity index (χ3v) is 5.22. The number of nitrogens with zero attached hydrogens (tertiary/aromatic N) is 2. The second-order valence-electron chi connectivity index (χ2n) is 7.96. The van der Waals surface area contributed by atoms with Crippen LogP contribution in [0.5, 0.6) is 5.75 Å². The maximum atomic E-state index is 5.96. The molecule has 0 amide bonds. The molecule has 0 aliphatic heterocycles. The van der Waals surface area contributed by atoms with E-state index >= 15 is 0 Å². The molecule has 0 saturated heterocycles. The predicted octanol–water partition coefficient (Wildman–Crippen LogP) is 4.65. The van der Waals surface area contributed by atoms with Crippen LogP contribution in [0.25, 0.3) is 0 Å².